The molecule has 0 spiro atoms. The first-order chi connectivity index (χ1) is 13.2. The molecule has 0 aliphatic rings. The number of hydrogen-bond acceptors (Lipinski definition) is 4. The Kier molecular flexibility index (Phi) is 9.09. The van der Waals surface area contributed by atoms with Crippen molar-refractivity contribution >= 4 is 18.3 Å². The number of rotatable bonds is 7. The second-order valence-corrected chi connectivity index (χ2v) is 7.40. The molecule has 4 N–H and O–H groups in total. The predicted molar refractivity (Wildman–Crippen MR) is 117 cm³/mol. The maximum atomic E-state index is 12.2. The molecule has 0 saturated heterocycles. The van der Waals surface area contributed by atoms with Crippen molar-refractivity contribution in [2.24, 2.45) is 5.73 Å². The molecule has 1 aromatic carbocycles. The Bertz CT molecular complexity index is 943. The van der Waals surface area contributed by atoms with E-state index in [-0.39, 0.29) is 41.9 Å². The number of nitriles is 1. The Morgan fingerprint density at radius 1 is 1.21 bits per heavy atom. The molecule has 1 heterocycles. The minimum Gasteiger partial charge on any atom is -0.354 e. The van der Waals surface area contributed by atoms with Crippen LogP contribution < -0.4 is 16.6 Å². The highest BCUT2D eigenvalue weighted by atomic mass is 35.5. The standard InChI is InChI=1S/C22H28N4O2.ClH/c1-13(2)16-5-7-17(8-6-16)20(24)12-25-21(27)10-9-18-14(3)19(11-23)22(28)26-15(18)4;/h5-8,13,20H,9-10,12,24H2,1-4H3,(H,25,27)(H,26,28);1H. The molecule has 1 amide bonds. The SMILES string of the molecule is Cc1[nH]c(=O)c(C#N)c(C)c1CCC(=O)NCC(N)c1ccc(C(C)C)cc1.Cl. The summed E-state index contributed by atoms with van der Waals surface area (Å²) in [5, 5.41) is 12.0. The average molecular weight is 417 g/mol. The van der Waals surface area contributed by atoms with Gasteiger partial charge in [0.15, 0.2) is 0 Å². The van der Waals surface area contributed by atoms with Crippen LogP contribution in [0.15, 0.2) is 29.1 Å². The zero-order valence-electron chi connectivity index (χ0n) is 17.3. The Hall–Kier alpha value is -2.62. The second-order valence-electron chi connectivity index (χ2n) is 7.40. The number of nitrogens with one attached hydrogen (secondary N) is 2. The molecule has 29 heavy (non-hydrogen) atoms. The van der Waals surface area contributed by atoms with Crippen LogP contribution >= 0.6 is 12.4 Å². The molecule has 156 valence electrons. The molecule has 0 aliphatic heterocycles. The van der Waals surface area contributed by atoms with Gasteiger partial charge in [0.25, 0.3) is 5.56 Å². The number of halogens is 1. The minimum atomic E-state index is -0.389. The first-order valence-electron chi connectivity index (χ1n) is 9.49. The molecule has 0 aliphatic carbocycles. The molecule has 7 heteroatoms. The quantitative estimate of drug-likeness (QED) is 0.643. The van der Waals surface area contributed by atoms with Crippen LogP contribution in [0.4, 0.5) is 0 Å². The fourth-order valence-corrected chi connectivity index (χ4v) is 3.22. The van der Waals surface area contributed by atoms with Crippen molar-refractivity contribution in [1.29, 1.82) is 5.26 Å². The number of nitrogens with two attached hydrogens (primary N) is 1. The number of aromatic nitrogens is 1. The number of aryl methyl sites for hydroxylation is 1. The fraction of sp³-hybridized carbons (Fsp3) is 0.409. The molecule has 6 nitrogen and oxygen atoms in total. The van der Waals surface area contributed by atoms with Gasteiger partial charge in [0.05, 0.1) is 0 Å². The Morgan fingerprint density at radius 3 is 2.34 bits per heavy atom. The highest BCUT2D eigenvalue weighted by molar-refractivity contribution is 5.85. The van der Waals surface area contributed by atoms with Crippen LogP contribution in [0.25, 0.3) is 0 Å². The van der Waals surface area contributed by atoms with Gasteiger partial charge in [-0.1, -0.05) is 38.1 Å². The van der Waals surface area contributed by atoms with Gasteiger partial charge in [-0.25, -0.2) is 0 Å². The number of carbonyl (C=O) groups excluding carboxylic acids is 1. The Morgan fingerprint density at radius 2 is 1.79 bits per heavy atom. The van der Waals surface area contributed by atoms with E-state index in [1.165, 1.54) is 5.56 Å². The van der Waals surface area contributed by atoms with Crippen molar-refractivity contribution in [1.82, 2.24) is 10.3 Å². The molecular formula is C22H29ClN4O2. The van der Waals surface area contributed by atoms with E-state index in [2.05, 4.69) is 36.3 Å². The second kappa shape index (κ2) is 10.8. The molecule has 1 unspecified atom stereocenters. The summed E-state index contributed by atoms with van der Waals surface area (Å²) >= 11 is 0. The van der Waals surface area contributed by atoms with Gasteiger partial charge >= 0.3 is 0 Å². The number of amides is 1. The summed E-state index contributed by atoms with van der Waals surface area (Å²) in [4.78, 5) is 26.7. The van der Waals surface area contributed by atoms with Crippen LogP contribution in [0.5, 0.6) is 0 Å². The van der Waals surface area contributed by atoms with E-state index in [9.17, 15) is 9.59 Å². The van der Waals surface area contributed by atoms with Crippen molar-refractivity contribution in [2.75, 3.05) is 6.54 Å². The minimum absolute atomic E-state index is 0. The Labute approximate surface area is 177 Å². The van der Waals surface area contributed by atoms with Crippen LogP contribution in [0.1, 0.15) is 65.7 Å². The number of aromatic amines is 1. The summed E-state index contributed by atoms with van der Waals surface area (Å²) in [5.41, 5.74) is 10.3. The maximum Gasteiger partial charge on any atom is 0.266 e. The molecular weight excluding hydrogens is 388 g/mol. The van der Waals surface area contributed by atoms with Crippen molar-refractivity contribution < 1.29 is 4.79 Å². The lowest BCUT2D eigenvalue weighted by Crippen LogP contribution is -2.32. The third kappa shape index (κ3) is 6.18. The number of nitrogens with zero attached hydrogens (tertiary/aromatic N) is 1. The molecule has 0 bridgehead atoms. The highest BCUT2D eigenvalue weighted by Crippen LogP contribution is 2.18. The van der Waals surface area contributed by atoms with Crippen LogP contribution in [-0.4, -0.2) is 17.4 Å². The van der Waals surface area contributed by atoms with E-state index in [1.807, 2.05) is 18.2 Å². The van der Waals surface area contributed by atoms with Gasteiger partial charge in [0, 0.05) is 24.7 Å². The number of carbonyl (C=O) groups is 1. The summed E-state index contributed by atoms with van der Waals surface area (Å²) < 4.78 is 0. The molecule has 1 aromatic heterocycles. The molecule has 1 atom stereocenters. The van der Waals surface area contributed by atoms with Gasteiger partial charge in [-0.05, 0) is 48.4 Å². The van der Waals surface area contributed by atoms with Crippen molar-refractivity contribution in [3.05, 3.63) is 68.1 Å². The van der Waals surface area contributed by atoms with E-state index in [0.29, 0.717) is 30.1 Å². The average Bonchev–Trinajstić information content (AvgIpc) is 2.66. The number of H-pyrrole nitrogens is 1. The number of benzene rings is 1. The van der Waals surface area contributed by atoms with E-state index >= 15 is 0 Å². The predicted octanol–water partition coefficient (Wildman–Crippen LogP) is 3.16. The Balaban J connectivity index is 0.00000420. The molecule has 0 saturated carbocycles. The van der Waals surface area contributed by atoms with Gasteiger partial charge in [0.2, 0.25) is 5.91 Å². The molecule has 0 radical (unpaired) electrons. The summed E-state index contributed by atoms with van der Waals surface area (Å²) in [5.74, 6) is 0.351. The lowest BCUT2D eigenvalue weighted by molar-refractivity contribution is -0.121. The van der Waals surface area contributed by atoms with Gasteiger partial charge in [-0.15, -0.1) is 12.4 Å². The van der Waals surface area contributed by atoms with E-state index in [1.54, 1.807) is 13.8 Å². The summed E-state index contributed by atoms with van der Waals surface area (Å²) in [6.45, 7) is 8.15. The van der Waals surface area contributed by atoms with Crippen LogP contribution in [0.2, 0.25) is 0 Å². The number of hydrogen-bond donors (Lipinski definition) is 3. The fourth-order valence-electron chi connectivity index (χ4n) is 3.22. The summed E-state index contributed by atoms with van der Waals surface area (Å²) in [7, 11) is 0. The highest BCUT2D eigenvalue weighted by Gasteiger charge is 2.14. The van der Waals surface area contributed by atoms with Crippen LogP contribution in [0, 0.1) is 25.2 Å². The zero-order valence-corrected chi connectivity index (χ0v) is 18.2. The third-order valence-electron chi connectivity index (χ3n) is 5.07. The van der Waals surface area contributed by atoms with Crippen molar-refractivity contribution in [2.45, 2.75) is 52.5 Å². The topological polar surface area (TPSA) is 112 Å². The summed E-state index contributed by atoms with van der Waals surface area (Å²) in [6, 6.07) is 9.79. The first-order valence-corrected chi connectivity index (χ1v) is 9.49. The summed E-state index contributed by atoms with van der Waals surface area (Å²) in [6.07, 6.45) is 0.713. The lowest BCUT2D eigenvalue weighted by Gasteiger charge is -2.15. The molecule has 0 fully saturated rings. The smallest absolute Gasteiger partial charge is 0.266 e. The number of pyridine rings is 1. The first kappa shape index (κ1) is 24.4. The van der Waals surface area contributed by atoms with E-state index in [0.717, 1.165) is 11.1 Å². The van der Waals surface area contributed by atoms with E-state index < -0.39 is 0 Å². The molecule has 2 aromatic rings. The van der Waals surface area contributed by atoms with Gasteiger partial charge in [-0.2, -0.15) is 5.26 Å². The zero-order chi connectivity index (χ0) is 20.8. The van der Waals surface area contributed by atoms with Gasteiger partial charge in [0.1, 0.15) is 11.6 Å². The van der Waals surface area contributed by atoms with Gasteiger partial charge in [-0.3, -0.25) is 9.59 Å². The van der Waals surface area contributed by atoms with Crippen molar-refractivity contribution in [3.8, 4) is 6.07 Å². The molecule has 2 rings (SSSR count). The normalized spacial score (nSPS) is 11.5. The third-order valence-corrected chi connectivity index (χ3v) is 5.07. The van der Waals surface area contributed by atoms with Gasteiger partial charge < -0.3 is 16.0 Å². The monoisotopic (exact) mass is 416 g/mol. The van der Waals surface area contributed by atoms with Crippen LogP contribution in [0.3, 0.4) is 0 Å². The van der Waals surface area contributed by atoms with E-state index in [4.69, 9.17) is 11.0 Å². The largest absolute Gasteiger partial charge is 0.354 e. The van der Waals surface area contributed by atoms with Crippen molar-refractivity contribution in [3.63, 3.8) is 0 Å². The lowest BCUT2D eigenvalue weighted by atomic mass is 9.98. The van der Waals surface area contributed by atoms with Crippen LogP contribution in [-0.2, 0) is 11.2 Å². The maximum absolute atomic E-state index is 12.2.